The number of nitrogens with one attached hydrogen (secondary N) is 3. The van der Waals surface area contributed by atoms with Crippen LogP contribution in [0.3, 0.4) is 0 Å². The molecule has 144 valence electrons. The highest BCUT2D eigenvalue weighted by molar-refractivity contribution is 7.80. The number of methoxy groups -OCH3 is 1. The van der Waals surface area contributed by atoms with Gasteiger partial charge in [-0.05, 0) is 73.6 Å². The van der Waals surface area contributed by atoms with Crippen molar-refractivity contribution in [2.75, 3.05) is 32.1 Å². The van der Waals surface area contributed by atoms with Gasteiger partial charge in [0.25, 0.3) is 0 Å². The third kappa shape index (κ3) is 5.21. The molecular formula is C22H30N3OS+. The number of benzene rings is 2. The Bertz CT molecular complexity index is 770. The number of ether oxygens (including phenoxy) is 1. The number of thiocarbonyl (C=S) groups is 1. The molecule has 0 bridgehead atoms. The topological polar surface area (TPSA) is 37.7 Å². The average molecular weight is 385 g/mol. The van der Waals surface area contributed by atoms with Crippen LogP contribution in [0.25, 0.3) is 0 Å². The molecule has 0 unspecified atom stereocenters. The van der Waals surface area contributed by atoms with Gasteiger partial charge in [0, 0.05) is 24.1 Å². The third-order valence-electron chi connectivity index (χ3n) is 5.49. The van der Waals surface area contributed by atoms with Crippen LogP contribution in [-0.4, -0.2) is 31.9 Å². The van der Waals surface area contributed by atoms with Gasteiger partial charge < -0.3 is 20.3 Å². The molecule has 1 saturated heterocycles. The predicted molar refractivity (Wildman–Crippen MR) is 116 cm³/mol. The largest absolute Gasteiger partial charge is 0.497 e. The fourth-order valence-electron chi connectivity index (χ4n) is 3.70. The third-order valence-corrected chi connectivity index (χ3v) is 5.73. The number of hydrogen-bond acceptors (Lipinski definition) is 2. The second-order valence-corrected chi connectivity index (χ2v) is 7.73. The Morgan fingerprint density at radius 3 is 2.41 bits per heavy atom. The number of rotatable bonds is 6. The lowest BCUT2D eigenvalue weighted by Gasteiger charge is -2.26. The molecule has 4 nitrogen and oxygen atoms in total. The first-order valence-electron chi connectivity index (χ1n) is 9.67. The van der Waals surface area contributed by atoms with Crippen LogP contribution in [0.4, 0.5) is 5.69 Å². The summed E-state index contributed by atoms with van der Waals surface area (Å²) < 4.78 is 5.30. The van der Waals surface area contributed by atoms with Crippen LogP contribution in [0, 0.1) is 13.8 Å². The van der Waals surface area contributed by atoms with E-state index >= 15 is 0 Å². The molecule has 0 saturated carbocycles. The minimum absolute atomic E-state index is 0.387. The van der Waals surface area contributed by atoms with Crippen LogP contribution in [0.15, 0.2) is 42.5 Å². The summed E-state index contributed by atoms with van der Waals surface area (Å²) >= 11 is 5.54. The molecule has 2 aromatic carbocycles. The lowest BCUT2D eigenvalue weighted by molar-refractivity contribution is -0.918. The normalized spacial score (nSPS) is 15.4. The Balaban J connectivity index is 1.64. The Labute approximate surface area is 167 Å². The van der Waals surface area contributed by atoms with Crippen molar-refractivity contribution in [1.82, 2.24) is 5.32 Å². The minimum atomic E-state index is 0.387. The van der Waals surface area contributed by atoms with Crippen molar-refractivity contribution in [2.24, 2.45) is 0 Å². The molecule has 5 heteroatoms. The van der Waals surface area contributed by atoms with Crippen LogP contribution >= 0.6 is 12.2 Å². The molecule has 2 aromatic rings. The van der Waals surface area contributed by atoms with Gasteiger partial charge in [-0.15, -0.1) is 0 Å². The molecule has 0 aromatic heterocycles. The number of quaternary nitrogens is 1. The average Bonchev–Trinajstić information content (AvgIpc) is 3.20. The van der Waals surface area contributed by atoms with Gasteiger partial charge in [0.15, 0.2) is 5.11 Å². The maximum atomic E-state index is 5.54. The molecule has 0 amide bonds. The van der Waals surface area contributed by atoms with Gasteiger partial charge in [0.05, 0.1) is 26.7 Å². The van der Waals surface area contributed by atoms with Crippen molar-refractivity contribution in [3.63, 3.8) is 0 Å². The molecule has 0 radical (unpaired) electrons. The first-order valence-corrected chi connectivity index (χ1v) is 10.1. The van der Waals surface area contributed by atoms with Crippen molar-refractivity contribution in [1.29, 1.82) is 0 Å². The molecule has 3 N–H and O–H groups in total. The lowest BCUT2D eigenvalue weighted by Crippen LogP contribution is -3.11. The molecule has 0 aliphatic carbocycles. The van der Waals surface area contributed by atoms with Crippen LogP contribution in [0.5, 0.6) is 5.75 Å². The van der Waals surface area contributed by atoms with E-state index in [0.717, 1.165) is 18.0 Å². The van der Waals surface area contributed by atoms with E-state index in [-0.39, 0.29) is 0 Å². The molecular weight excluding hydrogens is 354 g/mol. The molecule has 1 fully saturated rings. The maximum absolute atomic E-state index is 5.54. The summed E-state index contributed by atoms with van der Waals surface area (Å²) in [6, 6.07) is 15.2. The molecule has 27 heavy (non-hydrogen) atoms. The number of hydrogen-bond donors (Lipinski definition) is 3. The quantitative estimate of drug-likeness (QED) is 0.670. The van der Waals surface area contributed by atoms with E-state index in [1.54, 1.807) is 12.0 Å². The van der Waals surface area contributed by atoms with E-state index in [1.165, 1.54) is 42.6 Å². The summed E-state index contributed by atoms with van der Waals surface area (Å²) in [7, 11) is 1.71. The van der Waals surface area contributed by atoms with Gasteiger partial charge in [-0.2, -0.15) is 0 Å². The predicted octanol–water partition coefficient (Wildman–Crippen LogP) is 3.02. The Morgan fingerprint density at radius 1 is 1.07 bits per heavy atom. The van der Waals surface area contributed by atoms with Gasteiger partial charge >= 0.3 is 0 Å². The van der Waals surface area contributed by atoms with Gasteiger partial charge in [-0.3, -0.25) is 0 Å². The van der Waals surface area contributed by atoms with Crippen LogP contribution in [-0.2, 0) is 0 Å². The summed E-state index contributed by atoms with van der Waals surface area (Å²) in [4.78, 5) is 1.63. The molecule has 1 aliphatic heterocycles. The van der Waals surface area contributed by atoms with E-state index in [0.29, 0.717) is 11.2 Å². The van der Waals surface area contributed by atoms with Gasteiger partial charge in [-0.1, -0.05) is 6.07 Å². The zero-order valence-electron chi connectivity index (χ0n) is 16.5. The molecule has 0 spiro atoms. The summed E-state index contributed by atoms with van der Waals surface area (Å²) in [6.45, 7) is 7.49. The number of aryl methyl sites for hydroxylation is 2. The van der Waals surface area contributed by atoms with Crippen molar-refractivity contribution in [3.05, 3.63) is 59.2 Å². The fraction of sp³-hybridized carbons (Fsp3) is 0.409. The lowest BCUT2D eigenvalue weighted by atomic mass is 10.1. The Kier molecular flexibility index (Phi) is 6.69. The van der Waals surface area contributed by atoms with E-state index < -0.39 is 0 Å². The second kappa shape index (κ2) is 9.20. The van der Waals surface area contributed by atoms with Gasteiger partial charge in [-0.25, -0.2) is 0 Å². The summed E-state index contributed by atoms with van der Waals surface area (Å²) in [5, 5.41) is 7.43. The zero-order chi connectivity index (χ0) is 19.2. The standard InChI is InChI=1S/C22H29N3OS/c1-16-6-9-19(14-17(16)2)24-22(27)23-15-21(25-12-4-5-13-25)18-7-10-20(26-3)11-8-18/h6-11,14,21H,4-5,12-13,15H2,1-3H3,(H2,23,24,27)/p+1/t21-/m1/s1. The van der Waals surface area contributed by atoms with E-state index in [1.807, 2.05) is 12.1 Å². The second-order valence-electron chi connectivity index (χ2n) is 7.33. The first-order chi connectivity index (χ1) is 13.1. The summed E-state index contributed by atoms with van der Waals surface area (Å²) in [5.74, 6) is 0.897. The number of anilines is 1. The van der Waals surface area contributed by atoms with E-state index in [2.05, 4.69) is 54.8 Å². The van der Waals surface area contributed by atoms with Crippen molar-refractivity contribution < 1.29 is 9.64 Å². The van der Waals surface area contributed by atoms with E-state index in [4.69, 9.17) is 17.0 Å². The van der Waals surface area contributed by atoms with Crippen LogP contribution in [0.1, 0.15) is 35.6 Å². The smallest absolute Gasteiger partial charge is 0.171 e. The van der Waals surface area contributed by atoms with Gasteiger partial charge in [0.2, 0.25) is 0 Å². The SMILES string of the molecule is COc1ccc([C@@H](CNC(=S)Nc2ccc(C)c(C)c2)[NH+]2CCCC2)cc1. The summed E-state index contributed by atoms with van der Waals surface area (Å²) in [6.07, 6.45) is 2.60. The minimum Gasteiger partial charge on any atom is -0.497 e. The van der Waals surface area contributed by atoms with Crippen molar-refractivity contribution >= 4 is 23.0 Å². The van der Waals surface area contributed by atoms with Crippen molar-refractivity contribution in [2.45, 2.75) is 32.7 Å². The first kappa shape index (κ1) is 19.6. The molecule has 1 aliphatic rings. The van der Waals surface area contributed by atoms with Crippen LogP contribution < -0.4 is 20.3 Å². The van der Waals surface area contributed by atoms with Crippen LogP contribution in [0.2, 0.25) is 0 Å². The highest BCUT2D eigenvalue weighted by atomic mass is 32.1. The van der Waals surface area contributed by atoms with Gasteiger partial charge in [0.1, 0.15) is 11.8 Å². The molecule has 3 rings (SSSR count). The fourth-order valence-corrected chi connectivity index (χ4v) is 3.90. The van der Waals surface area contributed by atoms with Crippen molar-refractivity contribution in [3.8, 4) is 5.75 Å². The zero-order valence-corrected chi connectivity index (χ0v) is 17.3. The highest BCUT2D eigenvalue weighted by Crippen LogP contribution is 2.17. The summed E-state index contributed by atoms with van der Waals surface area (Å²) in [5.41, 5.74) is 4.91. The maximum Gasteiger partial charge on any atom is 0.171 e. The van der Waals surface area contributed by atoms with E-state index in [9.17, 15) is 0 Å². The monoisotopic (exact) mass is 384 g/mol. The highest BCUT2D eigenvalue weighted by Gasteiger charge is 2.27. The Hall–Kier alpha value is -2.11. The Morgan fingerprint density at radius 2 is 1.78 bits per heavy atom. The number of likely N-dealkylation sites (tertiary alicyclic amines) is 1. The molecule has 1 heterocycles. The molecule has 1 atom stereocenters.